The molecule has 0 spiro atoms. The molecule has 0 N–H and O–H groups in total. The van der Waals surface area contributed by atoms with Crippen LogP contribution in [0.5, 0.6) is 5.75 Å². The summed E-state index contributed by atoms with van der Waals surface area (Å²) in [5.41, 5.74) is 2.38. The van der Waals surface area contributed by atoms with Gasteiger partial charge in [-0.3, -0.25) is 4.79 Å². The van der Waals surface area contributed by atoms with Gasteiger partial charge < -0.3 is 9.30 Å². The summed E-state index contributed by atoms with van der Waals surface area (Å²) in [5, 5.41) is 17.7. The molecule has 0 saturated heterocycles. The number of benzene rings is 2. The van der Waals surface area contributed by atoms with Crippen molar-refractivity contribution in [3.63, 3.8) is 0 Å². The van der Waals surface area contributed by atoms with Crippen LogP contribution in [0.25, 0.3) is 11.0 Å². The van der Waals surface area contributed by atoms with Gasteiger partial charge in [-0.1, -0.05) is 35.2 Å². The Morgan fingerprint density at radius 3 is 2.70 bits per heavy atom. The van der Waals surface area contributed by atoms with Gasteiger partial charge in [0.25, 0.3) is 0 Å². The minimum Gasteiger partial charge on any atom is -0.497 e. The third kappa shape index (κ3) is 4.11. The number of Topliss-reactive ketones (excluding diaryl/α,β-unsaturated/α-hetero) is 1. The molecule has 2 heterocycles. The molecule has 2 aromatic heterocycles. The molecule has 0 aliphatic carbocycles. The molecule has 4 aromatic rings. The van der Waals surface area contributed by atoms with Crippen molar-refractivity contribution in [1.29, 1.82) is 0 Å². The summed E-state index contributed by atoms with van der Waals surface area (Å²) in [6.07, 6.45) is 1.78. The van der Waals surface area contributed by atoms with E-state index in [1.54, 1.807) is 42.1 Å². The summed E-state index contributed by atoms with van der Waals surface area (Å²) in [6, 6.07) is 14.8. The lowest BCUT2D eigenvalue weighted by Crippen LogP contribution is -2.11. The number of hydrogen-bond acceptors (Lipinski definition) is 7. The van der Waals surface area contributed by atoms with Crippen LogP contribution in [0.15, 0.2) is 66.3 Å². The summed E-state index contributed by atoms with van der Waals surface area (Å²) >= 11 is 1.35. The summed E-state index contributed by atoms with van der Waals surface area (Å²) < 4.78 is 8.86. The normalized spacial score (nSPS) is 11.0. The van der Waals surface area contributed by atoms with Crippen LogP contribution in [0.4, 0.5) is 0 Å². The minimum absolute atomic E-state index is 0.0135. The summed E-state index contributed by atoms with van der Waals surface area (Å²) in [4.78, 5) is 12.5. The van der Waals surface area contributed by atoms with Crippen molar-refractivity contribution in [2.75, 3.05) is 12.9 Å². The van der Waals surface area contributed by atoms with Gasteiger partial charge >= 0.3 is 0 Å². The average molecular weight is 420 g/mol. The van der Waals surface area contributed by atoms with Gasteiger partial charge in [0, 0.05) is 12.1 Å². The fourth-order valence-corrected chi connectivity index (χ4v) is 3.87. The lowest BCUT2D eigenvalue weighted by Gasteiger charge is -2.08. The Kier molecular flexibility index (Phi) is 5.89. The highest BCUT2D eigenvalue weighted by Gasteiger charge is 2.16. The molecule has 2 aromatic carbocycles. The first kappa shape index (κ1) is 19.8. The van der Waals surface area contributed by atoms with Gasteiger partial charge in [-0.2, -0.15) is 0 Å². The fourth-order valence-electron chi connectivity index (χ4n) is 3.01. The molecule has 30 heavy (non-hydrogen) atoms. The first-order valence-electron chi connectivity index (χ1n) is 9.31. The Morgan fingerprint density at radius 2 is 1.93 bits per heavy atom. The number of carbonyl (C=O) groups is 1. The van der Waals surface area contributed by atoms with Gasteiger partial charge in [-0.25, -0.2) is 4.68 Å². The molecule has 0 atom stereocenters. The van der Waals surface area contributed by atoms with Crippen molar-refractivity contribution < 1.29 is 9.53 Å². The average Bonchev–Trinajstić information content (AvgIpc) is 3.37. The topological polar surface area (TPSA) is 87.7 Å². The number of aromatic nitrogens is 6. The summed E-state index contributed by atoms with van der Waals surface area (Å²) in [7, 11) is 1.60. The lowest BCUT2D eigenvalue weighted by molar-refractivity contribution is 0.102. The second-order valence-electron chi connectivity index (χ2n) is 6.47. The van der Waals surface area contributed by atoms with E-state index in [4.69, 9.17) is 4.74 Å². The van der Waals surface area contributed by atoms with E-state index in [9.17, 15) is 4.79 Å². The monoisotopic (exact) mass is 420 g/mol. The number of para-hydroxylation sites is 1. The maximum absolute atomic E-state index is 12.5. The summed E-state index contributed by atoms with van der Waals surface area (Å²) in [5.74, 6) is 1.72. The van der Waals surface area contributed by atoms with Gasteiger partial charge in [0.05, 0.1) is 18.4 Å². The smallest absolute Gasteiger partial charge is 0.192 e. The van der Waals surface area contributed by atoms with E-state index in [1.807, 2.05) is 28.8 Å². The van der Waals surface area contributed by atoms with Crippen LogP contribution in [-0.4, -0.2) is 48.4 Å². The molecule has 0 aliphatic heterocycles. The van der Waals surface area contributed by atoms with E-state index in [2.05, 4.69) is 27.1 Å². The van der Waals surface area contributed by atoms with Crippen LogP contribution >= 0.6 is 11.8 Å². The molecule has 8 nitrogen and oxygen atoms in total. The zero-order chi connectivity index (χ0) is 20.9. The molecule has 0 amide bonds. The maximum Gasteiger partial charge on any atom is 0.192 e. The highest BCUT2D eigenvalue weighted by molar-refractivity contribution is 7.99. The Morgan fingerprint density at radius 1 is 1.13 bits per heavy atom. The van der Waals surface area contributed by atoms with Gasteiger partial charge in [0.15, 0.2) is 16.8 Å². The van der Waals surface area contributed by atoms with Gasteiger partial charge in [-0.15, -0.1) is 21.9 Å². The van der Waals surface area contributed by atoms with Crippen LogP contribution in [0, 0.1) is 0 Å². The highest BCUT2D eigenvalue weighted by atomic mass is 32.2. The van der Waals surface area contributed by atoms with Crippen LogP contribution in [0.3, 0.4) is 0 Å². The number of nitrogens with zero attached hydrogens (tertiary/aromatic N) is 6. The molecule has 0 radical (unpaired) electrons. The zero-order valence-corrected chi connectivity index (χ0v) is 17.2. The van der Waals surface area contributed by atoms with Crippen molar-refractivity contribution in [3.05, 3.63) is 72.6 Å². The second kappa shape index (κ2) is 8.91. The first-order valence-corrected chi connectivity index (χ1v) is 10.3. The van der Waals surface area contributed by atoms with Crippen molar-refractivity contribution in [2.45, 2.75) is 18.2 Å². The van der Waals surface area contributed by atoms with Gasteiger partial charge in [-0.05, 0) is 36.4 Å². The predicted molar refractivity (Wildman–Crippen MR) is 115 cm³/mol. The number of allylic oxidation sites excluding steroid dienone is 1. The standard InChI is InChI=1S/C21H20N6O2S/c1-3-12-26-20(13-27-18-7-5-4-6-17(18)22-25-27)23-24-21(26)30-14-19(28)15-8-10-16(29-2)11-9-15/h3-11H,1,12-14H2,2H3. The van der Waals surface area contributed by atoms with E-state index < -0.39 is 0 Å². The van der Waals surface area contributed by atoms with E-state index in [0.717, 1.165) is 22.6 Å². The largest absolute Gasteiger partial charge is 0.497 e. The van der Waals surface area contributed by atoms with Gasteiger partial charge in [0.2, 0.25) is 0 Å². The number of methoxy groups -OCH3 is 1. The molecule has 0 aliphatic rings. The van der Waals surface area contributed by atoms with E-state index in [-0.39, 0.29) is 11.5 Å². The van der Waals surface area contributed by atoms with E-state index in [1.165, 1.54) is 11.8 Å². The number of fused-ring (bicyclic) bond motifs is 1. The quantitative estimate of drug-likeness (QED) is 0.233. The third-order valence-corrected chi connectivity index (χ3v) is 5.53. The van der Waals surface area contributed by atoms with Crippen molar-refractivity contribution in [1.82, 2.24) is 29.8 Å². The fraction of sp³-hybridized carbons (Fsp3) is 0.190. The summed E-state index contributed by atoms with van der Waals surface area (Å²) in [6.45, 7) is 4.79. The van der Waals surface area contributed by atoms with E-state index in [0.29, 0.717) is 23.8 Å². The highest BCUT2D eigenvalue weighted by Crippen LogP contribution is 2.21. The second-order valence-corrected chi connectivity index (χ2v) is 7.42. The van der Waals surface area contributed by atoms with Crippen molar-refractivity contribution in [3.8, 4) is 5.75 Å². The number of ketones is 1. The Hall–Kier alpha value is -3.46. The number of rotatable bonds is 9. The number of carbonyl (C=O) groups excluding carboxylic acids is 1. The number of ether oxygens (including phenoxy) is 1. The van der Waals surface area contributed by atoms with Crippen LogP contribution in [0.2, 0.25) is 0 Å². The SMILES string of the molecule is C=CCn1c(Cn2nnc3ccccc32)nnc1SCC(=O)c1ccc(OC)cc1. The Labute approximate surface area is 177 Å². The Balaban J connectivity index is 1.50. The van der Waals surface area contributed by atoms with Crippen molar-refractivity contribution >= 4 is 28.6 Å². The number of thioether (sulfide) groups is 1. The molecular weight excluding hydrogens is 400 g/mol. The lowest BCUT2D eigenvalue weighted by atomic mass is 10.1. The zero-order valence-electron chi connectivity index (χ0n) is 16.4. The molecule has 0 fully saturated rings. The molecule has 9 heteroatoms. The van der Waals surface area contributed by atoms with Crippen LogP contribution in [-0.2, 0) is 13.1 Å². The van der Waals surface area contributed by atoms with E-state index >= 15 is 0 Å². The molecule has 4 rings (SSSR count). The minimum atomic E-state index is 0.0135. The maximum atomic E-state index is 12.5. The number of hydrogen-bond donors (Lipinski definition) is 0. The van der Waals surface area contributed by atoms with Gasteiger partial charge in [0.1, 0.15) is 17.8 Å². The van der Waals surface area contributed by atoms with Crippen LogP contribution in [0.1, 0.15) is 16.2 Å². The van der Waals surface area contributed by atoms with Crippen LogP contribution < -0.4 is 4.74 Å². The van der Waals surface area contributed by atoms with Crippen molar-refractivity contribution in [2.24, 2.45) is 0 Å². The molecule has 0 unspecified atom stereocenters. The Bertz CT molecular complexity index is 1180. The third-order valence-electron chi connectivity index (χ3n) is 4.56. The molecule has 152 valence electrons. The molecule has 0 bridgehead atoms. The molecular formula is C21H20N6O2S. The molecule has 0 saturated carbocycles. The first-order chi connectivity index (χ1) is 14.7. The predicted octanol–water partition coefficient (Wildman–Crippen LogP) is 3.24.